The fraction of sp³-hybridized carbons (Fsp3) is 0.484. The van der Waals surface area contributed by atoms with Gasteiger partial charge in [-0.15, -0.1) is 0 Å². The Morgan fingerprint density at radius 1 is 1.18 bits per heavy atom. The predicted octanol–water partition coefficient (Wildman–Crippen LogP) is 3.04. The topological polar surface area (TPSA) is 108 Å². The lowest BCUT2D eigenvalue weighted by Crippen LogP contribution is -2.59. The molecule has 4 aliphatic heterocycles. The van der Waals surface area contributed by atoms with Crippen LogP contribution >= 0.6 is 0 Å². The van der Waals surface area contributed by atoms with Gasteiger partial charge in [0.1, 0.15) is 11.5 Å². The van der Waals surface area contributed by atoms with E-state index < -0.39 is 22.7 Å². The van der Waals surface area contributed by atoms with Crippen LogP contribution in [0.4, 0.5) is 0 Å². The van der Waals surface area contributed by atoms with Gasteiger partial charge in [-0.2, -0.15) is 5.26 Å². The van der Waals surface area contributed by atoms with E-state index in [1.54, 1.807) is 24.5 Å². The third-order valence-electron chi connectivity index (χ3n) is 9.75. The molecular weight excluding hydrogens is 494 g/mol. The van der Waals surface area contributed by atoms with Gasteiger partial charge in [-0.05, 0) is 29.5 Å². The Morgan fingerprint density at radius 2 is 1.92 bits per heavy atom. The molecule has 1 aromatic heterocycles. The Kier molecular flexibility index (Phi) is 5.49. The van der Waals surface area contributed by atoms with Crippen molar-refractivity contribution in [3.63, 3.8) is 0 Å². The highest BCUT2D eigenvalue weighted by molar-refractivity contribution is 5.58. The molecule has 4 fully saturated rings. The average Bonchev–Trinajstić information content (AvgIpc) is 3.31. The van der Waals surface area contributed by atoms with Gasteiger partial charge in [0.25, 0.3) is 0 Å². The van der Waals surface area contributed by atoms with E-state index in [1.165, 1.54) is 7.11 Å². The first-order valence-corrected chi connectivity index (χ1v) is 13.7. The lowest BCUT2D eigenvalue weighted by atomic mass is 9.60. The van der Waals surface area contributed by atoms with Gasteiger partial charge in [-0.1, -0.05) is 43.4 Å². The number of rotatable bonds is 5. The minimum absolute atomic E-state index is 0.229. The van der Waals surface area contributed by atoms with Crippen molar-refractivity contribution in [2.75, 3.05) is 26.7 Å². The van der Waals surface area contributed by atoms with E-state index >= 15 is 0 Å². The monoisotopic (exact) mass is 527 g/mol. The fourth-order valence-electron chi connectivity index (χ4n) is 8.20. The van der Waals surface area contributed by atoms with E-state index in [9.17, 15) is 15.5 Å². The molecule has 1 aromatic carbocycles. The SMILES string of the molecule is COc1cncc2c1[C@]1(O)[C@H](O)[C@H](CN3CC4CC(C3)O4)[C@@H](C3(C)C=CC=CC3)[C@]1(c1ccc(C#N)cc1)O2. The zero-order chi connectivity index (χ0) is 27.0. The molecule has 0 radical (unpaired) electrons. The first-order valence-electron chi connectivity index (χ1n) is 13.7. The third-order valence-corrected chi connectivity index (χ3v) is 9.75. The summed E-state index contributed by atoms with van der Waals surface area (Å²) in [4.78, 5) is 6.68. The maximum atomic E-state index is 13.0. The van der Waals surface area contributed by atoms with Gasteiger partial charge in [0.15, 0.2) is 11.2 Å². The number of aliphatic hydroxyl groups excluding tert-OH is 1. The number of ether oxygens (including phenoxy) is 3. The maximum Gasteiger partial charge on any atom is 0.174 e. The van der Waals surface area contributed by atoms with E-state index in [4.69, 9.17) is 14.2 Å². The molecule has 0 spiro atoms. The van der Waals surface area contributed by atoms with Crippen LogP contribution in [-0.4, -0.2) is 65.2 Å². The molecule has 1 saturated carbocycles. The highest BCUT2D eigenvalue weighted by atomic mass is 16.5. The van der Waals surface area contributed by atoms with Gasteiger partial charge in [-0.3, -0.25) is 9.88 Å². The summed E-state index contributed by atoms with van der Waals surface area (Å²) in [5.41, 5.74) is -1.98. The van der Waals surface area contributed by atoms with Crippen molar-refractivity contribution >= 4 is 0 Å². The number of allylic oxidation sites excluding steroid dienone is 4. The highest BCUT2D eigenvalue weighted by Crippen LogP contribution is 2.71. The zero-order valence-corrected chi connectivity index (χ0v) is 22.2. The lowest BCUT2D eigenvalue weighted by molar-refractivity contribution is -0.185. The fourth-order valence-corrected chi connectivity index (χ4v) is 8.20. The molecule has 5 heterocycles. The van der Waals surface area contributed by atoms with Crippen molar-refractivity contribution in [2.45, 2.75) is 49.3 Å². The minimum atomic E-state index is -1.83. The quantitative estimate of drug-likeness (QED) is 0.611. The van der Waals surface area contributed by atoms with Gasteiger partial charge >= 0.3 is 0 Å². The number of aromatic nitrogens is 1. The van der Waals surface area contributed by atoms with Crippen LogP contribution in [-0.2, 0) is 15.9 Å². The summed E-state index contributed by atoms with van der Waals surface area (Å²) in [5.74, 6) is 0.0989. The molecule has 2 aromatic rings. The van der Waals surface area contributed by atoms with Crippen LogP contribution in [0, 0.1) is 28.6 Å². The van der Waals surface area contributed by atoms with Crippen LogP contribution in [0.15, 0.2) is 61.0 Å². The third kappa shape index (κ3) is 3.28. The molecule has 8 heteroatoms. The summed E-state index contributed by atoms with van der Waals surface area (Å²) in [6.07, 6.45) is 12.7. The number of nitriles is 1. The summed E-state index contributed by atoms with van der Waals surface area (Å²) in [5, 5.41) is 34.9. The molecule has 0 amide bonds. The molecule has 8 nitrogen and oxygen atoms in total. The Hall–Kier alpha value is -3.22. The molecule has 2 N–H and O–H groups in total. The highest BCUT2D eigenvalue weighted by Gasteiger charge is 2.78. The van der Waals surface area contributed by atoms with Gasteiger partial charge < -0.3 is 24.4 Å². The Balaban J connectivity index is 1.46. The molecule has 202 valence electrons. The van der Waals surface area contributed by atoms with Crippen LogP contribution in [0.3, 0.4) is 0 Å². The molecule has 8 atom stereocenters. The van der Waals surface area contributed by atoms with Gasteiger partial charge in [0.2, 0.25) is 0 Å². The van der Waals surface area contributed by atoms with Crippen LogP contribution in [0.2, 0.25) is 0 Å². The van der Waals surface area contributed by atoms with Crippen molar-refractivity contribution in [1.29, 1.82) is 5.26 Å². The van der Waals surface area contributed by atoms with Crippen molar-refractivity contribution in [2.24, 2.45) is 17.3 Å². The number of piperidine rings is 1. The van der Waals surface area contributed by atoms with Gasteiger partial charge in [-0.25, -0.2) is 0 Å². The maximum absolute atomic E-state index is 13.0. The lowest BCUT2D eigenvalue weighted by Gasteiger charge is -2.50. The molecule has 2 aliphatic carbocycles. The molecule has 3 unspecified atom stereocenters. The number of pyridine rings is 1. The molecule has 8 rings (SSSR count). The Bertz CT molecular complexity index is 1390. The second-order valence-corrected chi connectivity index (χ2v) is 11.9. The van der Waals surface area contributed by atoms with Crippen molar-refractivity contribution in [1.82, 2.24) is 9.88 Å². The zero-order valence-electron chi connectivity index (χ0n) is 22.2. The molecule has 3 saturated heterocycles. The van der Waals surface area contributed by atoms with E-state index in [-0.39, 0.29) is 24.0 Å². The first kappa shape index (κ1) is 24.8. The van der Waals surface area contributed by atoms with Crippen molar-refractivity contribution < 1.29 is 24.4 Å². The van der Waals surface area contributed by atoms with E-state index in [0.29, 0.717) is 34.7 Å². The van der Waals surface area contributed by atoms with Crippen molar-refractivity contribution in [3.8, 4) is 17.6 Å². The largest absolute Gasteiger partial charge is 0.495 e. The number of hydrogen-bond donors (Lipinski definition) is 2. The number of benzene rings is 1. The second kappa shape index (κ2) is 8.64. The number of hydrogen-bond acceptors (Lipinski definition) is 8. The molecule has 2 bridgehead atoms. The second-order valence-electron chi connectivity index (χ2n) is 11.9. The molecule has 6 aliphatic rings. The molecular formula is C31H33N3O5. The normalized spacial score (nSPS) is 39.8. The standard InChI is InChI=1S/C31H33N3O5/c1-29(10-4-3-5-11-29)27-23(18-34-16-21-12-22(17-34)38-21)28(35)30(36)26-24(37-2)14-33-15-25(26)39-31(27,30)20-8-6-19(13-32)7-9-20/h3-10,14-15,21-23,27-28,35-36H,11-12,16-18H2,1-2H3/t21?,22?,23-,27+,28-,29?,30+,31+/m1/s1. The van der Waals surface area contributed by atoms with Gasteiger partial charge in [0, 0.05) is 37.9 Å². The van der Waals surface area contributed by atoms with E-state index in [0.717, 1.165) is 25.9 Å². The summed E-state index contributed by atoms with van der Waals surface area (Å²) >= 11 is 0. The predicted molar refractivity (Wildman–Crippen MR) is 142 cm³/mol. The number of aliphatic hydroxyl groups is 2. The van der Waals surface area contributed by atoms with E-state index in [1.807, 2.05) is 24.3 Å². The summed E-state index contributed by atoms with van der Waals surface area (Å²) in [7, 11) is 1.54. The summed E-state index contributed by atoms with van der Waals surface area (Å²) < 4.78 is 18.5. The van der Waals surface area contributed by atoms with Gasteiger partial charge in [0.05, 0.1) is 55.0 Å². The van der Waals surface area contributed by atoms with Crippen LogP contribution in [0.1, 0.15) is 36.5 Å². The summed E-state index contributed by atoms with van der Waals surface area (Å²) in [6, 6.07) is 9.39. The first-order chi connectivity index (χ1) is 18.8. The van der Waals surface area contributed by atoms with Crippen LogP contribution in [0.5, 0.6) is 11.5 Å². The smallest absolute Gasteiger partial charge is 0.174 e. The average molecular weight is 528 g/mol. The van der Waals surface area contributed by atoms with Crippen LogP contribution < -0.4 is 9.47 Å². The Labute approximate surface area is 228 Å². The Morgan fingerprint density at radius 3 is 2.56 bits per heavy atom. The van der Waals surface area contributed by atoms with Crippen LogP contribution in [0.25, 0.3) is 0 Å². The molecule has 39 heavy (non-hydrogen) atoms. The number of nitrogens with zero attached hydrogens (tertiary/aromatic N) is 3. The number of methoxy groups -OCH3 is 1. The number of morpholine rings is 1. The minimum Gasteiger partial charge on any atom is -0.495 e. The van der Waals surface area contributed by atoms with Crippen molar-refractivity contribution in [3.05, 3.63) is 77.7 Å². The number of fused-ring (bicyclic) bond motifs is 5. The summed E-state index contributed by atoms with van der Waals surface area (Å²) in [6.45, 7) is 4.41. The van der Waals surface area contributed by atoms with E-state index in [2.05, 4.69) is 35.0 Å².